The van der Waals surface area contributed by atoms with Gasteiger partial charge in [-0.1, -0.05) is 25.4 Å². The molecule has 5 heteroatoms. The van der Waals surface area contributed by atoms with Gasteiger partial charge in [0, 0.05) is 5.56 Å². The van der Waals surface area contributed by atoms with Crippen molar-refractivity contribution in [1.29, 1.82) is 0 Å². The van der Waals surface area contributed by atoms with Crippen LogP contribution in [0.1, 0.15) is 43.9 Å². The van der Waals surface area contributed by atoms with E-state index in [0.717, 1.165) is 30.7 Å². The molecule has 0 bridgehead atoms. The standard InChI is InChI=1S/C16H18BrClFNO/c1-8(2)6-20-7-12-13(9-3-4-9)14-15(19)11(18)5-10(17)16(14)21-12/h5,8-9,20H,3-4,6-7H2,1-2H3. The Hall–Kier alpha value is -0.580. The number of nitrogens with one attached hydrogen (secondary N) is 1. The average molecular weight is 375 g/mol. The minimum atomic E-state index is -0.365. The largest absolute Gasteiger partial charge is 0.458 e. The van der Waals surface area contributed by atoms with Crippen LogP contribution in [0, 0.1) is 11.7 Å². The smallest absolute Gasteiger partial charge is 0.153 e. The van der Waals surface area contributed by atoms with Crippen LogP contribution in [0.5, 0.6) is 0 Å². The monoisotopic (exact) mass is 373 g/mol. The maximum atomic E-state index is 14.5. The van der Waals surface area contributed by atoms with Gasteiger partial charge in [0.25, 0.3) is 0 Å². The molecule has 21 heavy (non-hydrogen) atoms. The quantitative estimate of drug-likeness (QED) is 0.688. The fourth-order valence-corrected chi connectivity index (χ4v) is 3.49. The number of benzene rings is 1. The van der Waals surface area contributed by atoms with Crippen molar-refractivity contribution in [2.24, 2.45) is 5.92 Å². The van der Waals surface area contributed by atoms with E-state index in [1.807, 2.05) is 0 Å². The second-order valence-corrected chi connectivity index (χ2v) is 7.36. The molecule has 1 N–H and O–H groups in total. The Labute approximate surface area is 137 Å². The third-order valence-electron chi connectivity index (χ3n) is 3.75. The Morgan fingerprint density at radius 1 is 1.48 bits per heavy atom. The van der Waals surface area contributed by atoms with Crippen LogP contribution >= 0.6 is 27.5 Å². The summed E-state index contributed by atoms with van der Waals surface area (Å²) in [6.07, 6.45) is 2.19. The highest BCUT2D eigenvalue weighted by Crippen LogP contribution is 2.48. The van der Waals surface area contributed by atoms with Gasteiger partial charge in [-0.25, -0.2) is 4.39 Å². The summed E-state index contributed by atoms with van der Waals surface area (Å²) in [6.45, 7) is 5.85. The number of halogens is 3. The number of hydrogen-bond donors (Lipinski definition) is 1. The minimum Gasteiger partial charge on any atom is -0.458 e. The molecular weight excluding hydrogens is 357 g/mol. The third kappa shape index (κ3) is 2.99. The molecule has 0 radical (unpaired) electrons. The molecule has 1 aromatic heterocycles. The van der Waals surface area contributed by atoms with E-state index < -0.39 is 0 Å². The summed E-state index contributed by atoms with van der Waals surface area (Å²) in [5, 5.41) is 4.07. The second kappa shape index (κ2) is 5.90. The van der Waals surface area contributed by atoms with Crippen LogP contribution in [-0.4, -0.2) is 6.54 Å². The summed E-state index contributed by atoms with van der Waals surface area (Å²) in [4.78, 5) is 0. The fourth-order valence-electron chi connectivity index (χ4n) is 2.65. The highest BCUT2D eigenvalue weighted by atomic mass is 79.9. The van der Waals surface area contributed by atoms with Crippen LogP contribution in [0.4, 0.5) is 4.39 Å². The Balaban J connectivity index is 2.05. The average Bonchev–Trinajstić information content (AvgIpc) is 3.17. The number of fused-ring (bicyclic) bond motifs is 1. The molecule has 0 unspecified atom stereocenters. The predicted molar refractivity (Wildman–Crippen MR) is 87.4 cm³/mol. The summed E-state index contributed by atoms with van der Waals surface area (Å²) in [6, 6.07) is 1.56. The van der Waals surface area contributed by atoms with Gasteiger partial charge in [-0.2, -0.15) is 0 Å². The lowest BCUT2D eigenvalue weighted by atomic mass is 10.1. The van der Waals surface area contributed by atoms with Gasteiger partial charge in [-0.3, -0.25) is 0 Å². The van der Waals surface area contributed by atoms with Crippen molar-refractivity contribution in [2.75, 3.05) is 6.54 Å². The molecule has 0 aliphatic heterocycles. The zero-order chi connectivity index (χ0) is 15.1. The summed E-state index contributed by atoms with van der Waals surface area (Å²) >= 11 is 9.41. The van der Waals surface area contributed by atoms with Gasteiger partial charge in [0.2, 0.25) is 0 Å². The topological polar surface area (TPSA) is 25.2 Å². The molecular formula is C16H18BrClFNO. The number of hydrogen-bond acceptors (Lipinski definition) is 2. The summed E-state index contributed by atoms with van der Waals surface area (Å²) in [7, 11) is 0. The second-order valence-electron chi connectivity index (χ2n) is 6.10. The van der Waals surface area contributed by atoms with Crippen molar-refractivity contribution in [1.82, 2.24) is 5.32 Å². The molecule has 1 aliphatic carbocycles. The highest BCUT2D eigenvalue weighted by Gasteiger charge is 2.33. The molecule has 1 fully saturated rings. The van der Waals surface area contributed by atoms with Crippen LogP contribution in [0.25, 0.3) is 11.0 Å². The first kappa shape index (κ1) is 15.3. The molecule has 3 rings (SSSR count). The van der Waals surface area contributed by atoms with Crippen LogP contribution in [-0.2, 0) is 6.54 Å². The Morgan fingerprint density at radius 3 is 2.81 bits per heavy atom. The molecule has 1 aliphatic rings. The lowest BCUT2D eigenvalue weighted by molar-refractivity contribution is 0.480. The first-order chi connectivity index (χ1) is 9.99. The maximum absolute atomic E-state index is 14.5. The van der Waals surface area contributed by atoms with E-state index in [1.165, 1.54) is 0 Å². The van der Waals surface area contributed by atoms with E-state index in [0.29, 0.717) is 33.8 Å². The van der Waals surface area contributed by atoms with Crippen molar-refractivity contribution < 1.29 is 8.81 Å². The van der Waals surface area contributed by atoms with Crippen LogP contribution in [0.3, 0.4) is 0 Å². The van der Waals surface area contributed by atoms with E-state index in [9.17, 15) is 4.39 Å². The summed E-state index contributed by atoms with van der Waals surface area (Å²) in [5.41, 5.74) is 1.57. The van der Waals surface area contributed by atoms with Crippen molar-refractivity contribution in [3.8, 4) is 0 Å². The van der Waals surface area contributed by atoms with Gasteiger partial charge < -0.3 is 9.73 Å². The fraction of sp³-hybridized carbons (Fsp3) is 0.500. The van der Waals surface area contributed by atoms with Gasteiger partial charge in [-0.05, 0) is 53.2 Å². The van der Waals surface area contributed by atoms with Crippen LogP contribution in [0.15, 0.2) is 15.0 Å². The first-order valence-corrected chi connectivity index (χ1v) is 8.45. The zero-order valence-corrected chi connectivity index (χ0v) is 14.4. The molecule has 1 saturated carbocycles. The molecule has 1 aromatic carbocycles. The third-order valence-corrected chi connectivity index (χ3v) is 4.61. The van der Waals surface area contributed by atoms with Gasteiger partial charge in [0.1, 0.15) is 5.76 Å². The molecule has 114 valence electrons. The summed E-state index contributed by atoms with van der Waals surface area (Å²) in [5.74, 6) is 1.45. The van der Waals surface area contributed by atoms with E-state index in [1.54, 1.807) is 6.07 Å². The Bertz CT molecular complexity index is 679. The van der Waals surface area contributed by atoms with Gasteiger partial charge in [0.15, 0.2) is 11.4 Å². The van der Waals surface area contributed by atoms with E-state index in [4.69, 9.17) is 16.0 Å². The first-order valence-electron chi connectivity index (χ1n) is 7.28. The van der Waals surface area contributed by atoms with E-state index in [2.05, 4.69) is 35.1 Å². The van der Waals surface area contributed by atoms with Crippen molar-refractivity contribution >= 4 is 38.5 Å². The van der Waals surface area contributed by atoms with Crippen molar-refractivity contribution in [3.63, 3.8) is 0 Å². The zero-order valence-electron chi connectivity index (χ0n) is 12.1. The van der Waals surface area contributed by atoms with Crippen molar-refractivity contribution in [2.45, 2.75) is 39.2 Å². The number of rotatable bonds is 5. The van der Waals surface area contributed by atoms with E-state index in [-0.39, 0.29) is 10.8 Å². The van der Waals surface area contributed by atoms with Crippen LogP contribution < -0.4 is 5.32 Å². The Morgan fingerprint density at radius 2 is 2.19 bits per heavy atom. The normalized spacial score (nSPS) is 15.3. The molecule has 0 spiro atoms. The molecule has 1 heterocycles. The molecule has 0 saturated heterocycles. The molecule has 0 amide bonds. The summed E-state index contributed by atoms with van der Waals surface area (Å²) < 4.78 is 21.1. The lowest BCUT2D eigenvalue weighted by Crippen LogP contribution is -2.19. The van der Waals surface area contributed by atoms with Gasteiger partial charge >= 0.3 is 0 Å². The minimum absolute atomic E-state index is 0.138. The molecule has 0 atom stereocenters. The highest BCUT2D eigenvalue weighted by molar-refractivity contribution is 9.10. The van der Waals surface area contributed by atoms with Crippen LogP contribution in [0.2, 0.25) is 5.02 Å². The van der Waals surface area contributed by atoms with Gasteiger partial charge in [-0.15, -0.1) is 0 Å². The Kier molecular flexibility index (Phi) is 4.30. The predicted octanol–water partition coefficient (Wildman–Crippen LogP) is 5.61. The molecule has 2 aromatic rings. The maximum Gasteiger partial charge on any atom is 0.153 e. The SMILES string of the molecule is CC(C)CNCc1oc2c(Br)cc(Cl)c(F)c2c1C1CC1. The van der Waals surface area contributed by atoms with Gasteiger partial charge in [0.05, 0.1) is 21.4 Å². The van der Waals surface area contributed by atoms with Crippen molar-refractivity contribution in [3.05, 3.63) is 32.7 Å². The van der Waals surface area contributed by atoms with E-state index >= 15 is 0 Å². The number of furan rings is 1. The lowest BCUT2D eigenvalue weighted by Gasteiger charge is -2.07. The molecule has 2 nitrogen and oxygen atoms in total.